The maximum atomic E-state index is 10.5. The Bertz CT molecular complexity index is 500. The minimum Gasteiger partial charge on any atom is -0.478 e. The molecule has 1 aromatic rings. The van der Waals surface area contributed by atoms with Gasteiger partial charge in [0.15, 0.2) is 0 Å². The number of carboxylic acid groups (broad SMARTS) is 1. The molecule has 5 nitrogen and oxygen atoms in total. The summed E-state index contributed by atoms with van der Waals surface area (Å²) in [4.78, 5) is 17.3. The number of hydrogen-bond acceptors (Lipinski definition) is 4. The lowest BCUT2D eigenvalue weighted by molar-refractivity contribution is -0.131. The molecule has 0 saturated heterocycles. The van der Waals surface area contributed by atoms with Crippen LogP contribution < -0.4 is 4.90 Å². The quantitative estimate of drug-likeness (QED) is 0.746. The van der Waals surface area contributed by atoms with E-state index in [2.05, 4.69) is 23.7 Å². The van der Waals surface area contributed by atoms with Gasteiger partial charge in [-0.2, -0.15) is 0 Å². The molecule has 21 heavy (non-hydrogen) atoms. The molecule has 1 unspecified atom stereocenters. The average Bonchev–Trinajstić information content (AvgIpc) is 2.46. The van der Waals surface area contributed by atoms with Gasteiger partial charge in [0.05, 0.1) is 6.61 Å². The van der Waals surface area contributed by atoms with Crippen LogP contribution >= 0.6 is 0 Å². The molecule has 116 valence electrons. The Morgan fingerprint density at radius 2 is 2.29 bits per heavy atom. The highest BCUT2D eigenvalue weighted by atomic mass is 16.5. The molecule has 0 saturated carbocycles. The number of methoxy groups -OCH3 is 1. The summed E-state index contributed by atoms with van der Waals surface area (Å²) in [6.07, 6.45) is 5.39. The maximum absolute atomic E-state index is 10.5. The number of ether oxygens (including phenoxy) is 1. The monoisotopic (exact) mass is 292 g/mol. The first-order chi connectivity index (χ1) is 9.99. The van der Waals surface area contributed by atoms with E-state index in [1.54, 1.807) is 19.4 Å². The third-order valence-corrected chi connectivity index (χ3v) is 3.42. The Hall–Kier alpha value is -1.88. The first-order valence-corrected chi connectivity index (χ1v) is 7.12. The topological polar surface area (TPSA) is 62.7 Å². The second kappa shape index (κ2) is 8.42. The summed E-state index contributed by atoms with van der Waals surface area (Å²) in [5.74, 6) is -0.0352. The van der Waals surface area contributed by atoms with E-state index in [4.69, 9.17) is 9.84 Å². The number of rotatable bonds is 8. The standard InChI is InChI=1S/C16H24N2O3/c1-5-13(3)18(8-9-21-4)16-12(2)10-14(11-17-16)6-7-15(19)20/h6-7,10-11,13H,5,8-9H2,1-4H3,(H,19,20)/b7-6+. The summed E-state index contributed by atoms with van der Waals surface area (Å²) in [6, 6.07) is 2.32. The zero-order valence-electron chi connectivity index (χ0n) is 13.2. The van der Waals surface area contributed by atoms with E-state index < -0.39 is 5.97 Å². The molecular weight excluding hydrogens is 268 g/mol. The number of anilines is 1. The first kappa shape index (κ1) is 17.2. The van der Waals surface area contributed by atoms with Crippen molar-refractivity contribution in [3.05, 3.63) is 29.5 Å². The van der Waals surface area contributed by atoms with Crippen molar-refractivity contribution < 1.29 is 14.6 Å². The van der Waals surface area contributed by atoms with Gasteiger partial charge in [-0.05, 0) is 43.5 Å². The molecule has 1 heterocycles. The van der Waals surface area contributed by atoms with Crippen molar-refractivity contribution in [1.82, 2.24) is 4.98 Å². The number of nitrogens with zero attached hydrogens (tertiary/aromatic N) is 2. The normalized spacial score (nSPS) is 12.6. The van der Waals surface area contributed by atoms with Gasteiger partial charge in [0.2, 0.25) is 0 Å². The van der Waals surface area contributed by atoms with Gasteiger partial charge in [0.1, 0.15) is 5.82 Å². The number of aliphatic carboxylic acids is 1. The summed E-state index contributed by atoms with van der Waals surface area (Å²) in [7, 11) is 1.69. The van der Waals surface area contributed by atoms with E-state index in [1.807, 2.05) is 13.0 Å². The van der Waals surface area contributed by atoms with Gasteiger partial charge in [-0.15, -0.1) is 0 Å². The summed E-state index contributed by atoms with van der Waals surface area (Å²) in [5.41, 5.74) is 1.81. The van der Waals surface area contributed by atoms with Crippen molar-refractivity contribution in [2.75, 3.05) is 25.2 Å². The molecule has 0 aliphatic heterocycles. The van der Waals surface area contributed by atoms with Gasteiger partial charge < -0.3 is 14.7 Å². The highest BCUT2D eigenvalue weighted by Gasteiger charge is 2.16. The van der Waals surface area contributed by atoms with Crippen LogP contribution in [0, 0.1) is 6.92 Å². The number of aryl methyl sites for hydroxylation is 1. The molecule has 0 fully saturated rings. The second-order valence-corrected chi connectivity index (χ2v) is 5.02. The second-order valence-electron chi connectivity index (χ2n) is 5.02. The maximum Gasteiger partial charge on any atom is 0.328 e. The first-order valence-electron chi connectivity index (χ1n) is 7.12. The van der Waals surface area contributed by atoms with Crippen molar-refractivity contribution in [1.29, 1.82) is 0 Å². The number of carboxylic acids is 1. The summed E-state index contributed by atoms with van der Waals surface area (Å²) in [5, 5.41) is 8.66. The van der Waals surface area contributed by atoms with Crippen molar-refractivity contribution in [3.8, 4) is 0 Å². The van der Waals surface area contributed by atoms with Crippen molar-refractivity contribution in [2.45, 2.75) is 33.2 Å². The Labute approximate surface area is 126 Å². The fourth-order valence-electron chi connectivity index (χ4n) is 2.09. The third-order valence-electron chi connectivity index (χ3n) is 3.42. The Morgan fingerprint density at radius 1 is 1.57 bits per heavy atom. The highest BCUT2D eigenvalue weighted by molar-refractivity contribution is 5.85. The lowest BCUT2D eigenvalue weighted by Crippen LogP contribution is -2.36. The third kappa shape index (κ3) is 5.19. The van der Waals surface area contributed by atoms with E-state index in [9.17, 15) is 4.79 Å². The van der Waals surface area contributed by atoms with Gasteiger partial charge in [-0.3, -0.25) is 0 Å². The van der Waals surface area contributed by atoms with Crippen LogP contribution in [-0.4, -0.2) is 42.4 Å². The van der Waals surface area contributed by atoms with Gasteiger partial charge in [0.25, 0.3) is 0 Å². The van der Waals surface area contributed by atoms with Crippen LogP contribution in [0.15, 0.2) is 18.3 Å². The minimum absolute atomic E-state index is 0.367. The Morgan fingerprint density at radius 3 is 2.81 bits per heavy atom. The molecule has 1 atom stereocenters. The van der Waals surface area contributed by atoms with Crippen molar-refractivity contribution in [2.24, 2.45) is 0 Å². The van der Waals surface area contributed by atoms with Gasteiger partial charge >= 0.3 is 5.97 Å². The van der Waals surface area contributed by atoms with Gasteiger partial charge in [-0.1, -0.05) is 6.92 Å². The van der Waals surface area contributed by atoms with E-state index >= 15 is 0 Å². The smallest absolute Gasteiger partial charge is 0.328 e. The van der Waals surface area contributed by atoms with Crippen LogP contribution in [0.25, 0.3) is 6.08 Å². The van der Waals surface area contributed by atoms with Crippen molar-refractivity contribution in [3.63, 3.8) is 0 Å². The molecule has 0 aliphatic rings. The molecule has 0 aromatic carbocycles. The molecular formula is C16H24N2O3. The predicted molar refractivity (Wildman–Crippen MR) is 84.6 cm³/mol. The fourth-order valence-corrected chi connectivity index (χ4v) is 2.09. The Kier molecular flexibility index (Phi) is 6.88. The molecule has 1 rings (SSSR count). The molecule has 0 aliphatic carbocycles. The summed E-state index contributed by atoms with van der Waals surface area (Å²) >= 11 is 0. The van der Waals surface area contributed by atoms with E-state index in [0.717, 1.165) is 36.0 Å². The van der Waals surface area contributed by atoms with Crippen LogP contribution in [0.4, 0.5) is 5.82 Å². The van der Waals surface area contributed by atoms with Crippen LogP contribution in [0.2, 0.25) is 0 Å². The molecule has 5 heteroatoms. The highest BCUT2D eigenvalue weighted by Crippen LogP contribution is 2.21. The lowest BCUT2D eigenvalue weighted by atomic mass is 10.1. The zero-order chi connectivity index (χ0) is 15.8. The van der Waals surface area contributed by atoms with E-state index in [0.29, 0.717) is 12.6 Å². The number of carbonyl (C=O) groups is 1. The summed E-state index contributed by atoms with van der Waals surface area (Å²) in [6.45, 7) is 7.72. The number of hydrogen-bond donors (Lipinski definition) is 1. The van der Waals surface area contributed by atoms with Crippen LogP contribution in [0.5, 0.6) is 0 Å². The fraction of sp³-hybridized carbons (Fsp3) is 0.500. The zero-order valence-corrected chi connectivity index (χ0v) is 13.2. The molecule has 0 spiro atoms. The van der Waals surface area contributed by atoms with E-state index in [-0.39, 0.29) is 0 Å². The van der Waals surface area contributed by atoms with Crippen LogP contribution in [-0.2, 0) is 9.53 Å². The Balaban J connectivity index is 3.01. The predicted octanol–water partition coefficient (Wildman–Crippen LogP) is 2.74. The van der Waals surface area contributed by atoms with Crippen LogP contribution in [0.3, 0.4) is 0 Å². The minimum atomic E-state index is -0.960. The van der Waals surface area contributed by atoms with Crippen molar-refractivity contribution >= 4 is 17.9 Å². The molecule has 0 radical (unpaired) electrons. The number of pyridine rings is 1. The average molecular weight is 292 g/mol. The molecule has 1 aromatic heterocycles. The molecule has 0 bridgehead atoms. The lowest BCUT2D eigenvalue weighted by Gasteiger charge is -2.30. The molecule has 0 amide bonds. The molecule has 1 N–H and O–H groups in total. The van der Waals surface area contributed by atoms with Crippen LogP contribution in [0.1, 0.15) is 31.4 Å². The summed E-state index contributed by atoms with van der Waals surface area (Å²) < 4.78 is 5.17. The van der Waals surface area contributed by atoms with E-state index in [1.165, 1.54) is 0 Å². The van der Waals surface area contributed by atoms with Gasteiger partial charge in [-0.25, -0.2) is 9.78 Å². The van der Waals surface area contributed by atoms with Gasteiger partial charge in [0, 0.05) is 32.0 Å². The largest absolute Gasteiger partial charge is 0.478 e. The number of aromatic nitrogens is 1. The SMILES string of the molecule is CCC(C)N(CCOC)c1ncc(/C=C/C(=O)O)cc1C.